The van der Waals surface area contributed by atoms with Gasteiger partial charge in [-0.1, -0.05) is 13.0 Å². The van der Waals surface area contributed by atoms with Gasteiger partial charge in [0, 0.05) is 16.7 Å². The monoisotopic (exact) mass is 476 g/mol. The lowest BCUT2D eigenvalue weighted by molar-refractivity contribution is -0.221. The number of hydrogen-bond donors (Lipinski definition) is 4. The summed E-state index contributed by atoms with van der Waals surface area (Å²) in [5, 5.41) is 22.4. The zero-order valence-corrected chi connectivity index (χ0v) is 18.6. The number of phosphoric acid groups is 1. The molecule has 0 aliphatic heterocycles. The first-order valence-corrected chi connectivity index (χ1v) is 12.1. The third-order valence-electron chi connectivity index (χ3n) is 8.61. The fraction of sp³-hybridized carbons (Fsp3) is 0.714. The van der Waals surface area contributed by atoms with Crippen LogP contribution in [-0.4, -0.2) is 61.7 Å². The Morgan fingerprint density at radius 1 is 1.31 bits per heavy atom. The smallest absolute Gasteiger partial charge is 0.390 e. The normalized spacial score (nSPS) is 48.0. The van der Waals surface area contributed by atoms with E-state index in [-0.39, 0.29) is 31.3 Å². The molecule has 3 fully saturated rings. The van der Waals surface area contributed by atoms with Crippen molar-refractivity contribution < 1.29 is 47.5 Å². The summed E-state index contributed by atoms with van der Waals surface area (Å²) in [7, 11) is -4.97. The molecule has 4 aliphatic rings. The second-order valence-electron chi connectivity index (χ2n) is 9.95. The SMILES string of the molecule is C[C@]12C=CC(=O)C=C1[C@@H](F)C[C@H]1[C@@H]3CC[C@](O)(C(=O)COP(=O)(O)O)[C@@]3(C)C[C@H](O)C12F. The molecule has 0 spiro atoms. The molecule has 3 saturated carbocycles. The summed E-state index contributed by atoms with van der Waals surface area (Å²) in [6.45, 7) is 1.92. The zero-order chi connectivity index (χ0) is 23.9. The van der Waals surface area contributed by atoms with E-state index >= 15 is 8.78 Å². The van der Waals surface area contributed by atoms with E-state index in [1.807, 2.05) is 0 Å². The molecule has 11 heteroatoms. The topological polar surface area (TPSA) is 141 Å². The van der Waals surface area contributed by atoms with Crippen LogP contribution in [0.5, 0.6) is 0 Å². The standard InChI is InChI=1S/C21H27F2O8P/c1-18-5-3-11(24)7-14(18)15(22)8-13-12-4-6-20(27,17(26)10-31-32(28,29)30)19(12,2)9-16(25)21(13,18)23/h3,5,7,12-13,15-16,25,27H,4,6,8-10H2,1-2H3,(H2,28,29,30)/t12-,13-,15-,16-,18-,19-,20-,21?/m0/s1. The van der Waals surface area contributed by atoms with Gasteiger partial charge >= 0.3 is 7.82 Å². The fourth-order valence-electron chi connectivity index (χ4n) is 6.93. The van der Waals surface area contributed by atoms with E-state index in [0.29, 0.717) is 0 Å². The van der Waals surface area contributed by atoms with Gasteiger partial charge in [0.2, 0.25) is 0 Å². The van der Waals surface area contributed by atoms with Crippen LogP contribution < -0.4 is 0 Å². The highest BCUT2D eigenvalue weighted by molar-refractivity contribution is 7.46. The number of fused-ring (bicyclic) bond motifs is 5. The summed E-state index contributed by atoms with van der Waals surface area (Å²) in [5.41, 5.74) is -7.42. The van der Waals surface area contributed by atoms with E-state index in [1.165, 1.54) is 19.9 Å². The Hall–Kier alpha value is -1.29. The van der Waals surface area contributed by atoms with Crippen molar-refractivity contribution in [2.24, 2.45) is 22.7 Å². The molecule has 0 amide bonds. The summed E-state index contributed by atoms with van der Waals surface area (Å²) in [4.78, 5) is 42.4. The van der Waals surface area contributed by atoms with Crippen LogP contribution >= 0.6 is 7.82 Å². The molecular formula is C21H27F2O8P. The van der Waals surface area contributed by atoms with Crippen molar-refractivity contribution >= 4 is 19.4 Å². The summed E-state index contributed by atoms with van der Waals surface area (Å²) in [6, 6.07) is 0. The van der Waals surface area contributed by atoms with Gasteiger partial charge in [-0.2, -0.15) is 0 Å². The Morgan fingerprint density at radius 3 is 2.59 bits per heavy atom. The lowest BCUT2D eigenvalue weighted by Crippen LogP contribution is -2.70. The molecule has 0 aromatic rings. The first-order chi connectivity index (χ1) is 14.6. The Morgan fingerprint density at radius 2 is 1.97 bits per heavy atom. The number of halogens is 2. The van der Waals surface area contributed by atoms with Crippen LogP contribution in [0.1, 0.15) is 39.5 Å². The minimum absolute atomic E-state index is 0.0224. The summed E-state index contributed by atoms with van der Waals surface area (Å²) >= 11 is 0. The van der Waals surface area contributed by atoms with Crippen LogP contribution in [0.3, 0.4) is 0 Å². The van der Waals surface area contributed by atoms with Gasteiger partial charge < -0.3 is 20.0 Å². The number of carbonyl (C=O) groups excluding carboxylic acids is 2. The van der Waals surface area contributed by atoms with E-state index < -0.39 is 72.2 Å². The van der Waals surface area contributed by atoms with Crippen LogP contribution in [0.2, 0.25) is 0 Å². The molecule has 0 radical (unpaired) electrons. The number of rotatable bonds is 4. The molecule has 1 unspecified atom stereocenters. The average Bonchev–Trinajstić information content (AvgIpc) is 2.95. The van der Waals surface area contributed by atoms with Crippen molar-refractivity contribution in [2.45, 2.75) is 63.1 Å². The molecule has 0 aromatic carbocycles. The number of aliphatic hydroxyl groups excluding tert-OH is 1. The van der Waals surface area contributed by atoms with Gasteiger partial charge in [-0.25, -0.2) is 13.3 Å². The van der Waals surface area contributed by atoms with Gasteiger partial charge in [0.15, 0.2) is 17.2 Å². The Kier molecular flexibility index (Phi) is 5.30. The first-order valence-electron chi connectivity index (χ1n) is 10.5. The maximum absolute atomic E-state index is 16.9. The highest BCUT2D eigenvalue weighted by atomic mass is 31.2. The summed E-state index contributed by atoms with van der Waals surface area (Å²) in [5.74, 6) is -3.19. The van der Waals surface area contributed by atoms with Crippen molar-refractivity contribution in [2.75, 3.05) is 6.61 Å². The predicted molar refractivity (Wildman–Crippen MR) is 107 cm³/mol. The van der Waals surface area contributed by atoms with Crippen LogP contribution in [0, 0.1) is 22.7 Å². The maximum Gasteiger partial charge on any atom is 0.470 e. The minimum Gasteiger partial charge on any atom is -0.390 e. The van der Waals surface area contributed by atoms with E-state index in [9.17, 15) is 24.4 Å². The number of allylic oxidation sites excluding steroid dienone is 4. The third-order valence-corrected chi connectivity index (χ3v) is 9.07. The molecule has 178 valence electrons. The van der Waals surface area contributed by atoms with Crippen LogP contribution in [0.25, 0.3) is 0 Å². The number of ketones is 2. The number of carbonyl (C=O) groups is 2. The number of hydrogen-bond acceptors (Lipinski definition) is 6. The van der Waals surface area contributed by atoms with Gasteiger partial charge in [-0.15, -0.1) is 0 Å². The van der Waals surface area contributed by atoms with Gasteiger partial charge in [0.05, 0.1) is 6.10 Å². The predicted octanol–water partition coefficient (Wildman–Crippen LogP) is 1.71. The van der Waals surface area contributed by atoms with Crippen molar-refractivity contribution in [1.29, 1.82) is 0 Å². The van der Waals surface area contributed by atoms with Crippen molar-refractivity contribution in [3.8, 4) is 0 Å². The highest BCUT2D eigenvalue weighted by Gasteiger charge is 2.75. The number of alkyl halides is 2. The van der Waals surface area contributed by atoms with Gasteiger partial charge in [-0.3, -0.25) is 14.1 Å². The quantitative estimate of drug-likeness (QED) is 0.450. The number of aliphatic hydroxyl groups is 2. The average molecular weight is 476 g/mol. The molecular weight excluding hydrogens is 449 g/mol. The third kappa shape index (κ3) is 3.00. The summed E-state index contributed by atoms with van der Waals surface area (Å²) < 4.78 is 47.4. The second kappa shape index (κ2) is 7.10. The van der Waals surface area contributed by atoms with Gasteiger partial charge in [-0.05, 0) is 56.3 Å². The van der Waals surface area contributed by atoms with Crippen molar-refractivity contribution in [3.63, 3.8) is 0 Å². The van der Waals surface area contributed by atoms with E-state index in [0.717, 1.165) is 12.2 Å². The molecule has 0 heterocycles. The molecule has 32 heavy (non-hydrogen) atoms. The van der Waals surface area contributed by atoms with Crippen molar-refractivity contribution in [1.82, 2.24) is 0 Å². The van der Waals surface area contributed by atoms with E-state index in [4.69, 9.17) is 9.79 Å². The Labute approximate surface area is 183 Å². The molecule has 4 rings (SSSR count). The minimum atomic E-state index is -4.97. The molecule has 0 bridgehead atoms. The van der Waals surface area contributed by atoms with Crippen LogP contribution in [-0.2, 0) is 18.7 Å². The largest absolute Gasteiger partial charge is 0.470 e. The van der Waals surface area contributed by atoms with Gasteiger partial charge in [0.25, 0.3) is 0 Å². The summed E-state index contributed by atoms with van der Waals surface area (Å²) in [6.07, 6.45) is -0.416. The molecule has 0 saturated heterocycles. The Balaban J connectivity index is 1.73. The lowest BCUT2D eigenvalue weighted by Gasteiger charge is -2.63. The molecule has 4 aliphatic carbocycles. The zero-order valence-electron chi connectivity index (χ0n) is 17.7. The molecule has 4 N–H and O–H groups in total. The molecule has 0 aromatic heterocycles. The lowest BCUT2D eigenvalue weighted by atomic mass is 9.44. The van der Waals surface area contributed by atoms with E-state index in [2.05, 4.69) is 4.52 Å². The van der Waals surface area contributed by atoms with Crippen LogP contribution in [0.15, 0.2) is 23.8 Å². The molecule has 8 nitrogen and oxygen atoms in total. The van der Waals surface area contributed by atoms with Gasteiger partial charge in [0.1, 0.15) is 18.4 Å². The second-order valence-corrected chi connectivity index (χ2v) is 11.2. The number of Topliss-reactive ketones (excluding diaryl/α,β-unsaturated/α-hetero) is 1. The first kappa shape index (κ1) is 23.9. The Bertz CT molecular complexity index is 977. The fourth-order valence-corrected chi connectivity index (χ4v) is 7.21. The molecule has 8 atom stereocenters. The van der Waals surface area contributed by atoms with Crippen molar-refractivity contribution in [3.05, 3.63) is 23.8 Å². The number of phosphoric ester groups is 1. The van der Waals surface area contributed by atoms with Crippen LogP contribution in [0.4, 0.5) is 8.78 Å². The maximum atomic E-state index is 16.9. The highest BCUT2D eigenvalue weighted by Crippen LogP contribution is 2.70. The van der Waals surface area contributed by atoms with E-state index in [1.54, 1.807) is 0 Å².